The highest BCUT2D eigenvalue weighted by molar-refractivity contribution is 8.14. The van der Waals surface area contributed by atoms with Crippen LogP contribution in [0.4, 0.5) is 5.69 Å². The van der Waals surface area contributed by atoms with Gasteiger partial charge in [-0.15, -0.1) is 0 Å². The number of hydrogen-bond donors (Lipinski definition) is 1. The third-order valence-corrected chi connectivity index (χ3v) is 3.92. The number of anilines is 1. The maximum absolute atomic E-state index is 12.0. The lowest BCUT2D eigenvalue weighted by atomic mass is 10.2. The van der Waals surface area contributed by atoms with E-state index in [0.29, 0.717) is 22.7 Å². The first kappa shape index (κ1) is 16.9. The number of nitrogens with one attached hydrogen (secondary N) is 1. The largest absolute Gasteiger partial charge is 0.497 e. The summed E-state index contributed by atoms with van der Waals surface area (Å²) in [5.41, 5.74) is 1.16. The molecule has 6 heteroatoms. The maximum atomic E-state index is 12.0. The van der Waals surface area contributed by atoms with E-state index < -0.39 is 0 Å². The van der Waals surface area contributed by atoms with Crippen molar-refractivity contribution in [3.63, 3.8) is 0 Å². The number of rotatable bonds is 6. The lowest BCUT2D eigenvalue weighted by Gasteiger charge is -2.07. The fourth-order valence-electron chi connectivity index (χ4n) is 1.84. The van der Waals surface area contributed by atoms with E-state index in [-0.39, 0.29) is 16.8 Å². The number of thioether (sulfide) groups is 1. The van der Waals surface area contributed by atoms with E-state index in [4.69, 9.17) is 9.47 Å². The molecule has 0 aliphatic carbocycles. The molecule has 1 N–H and O–H groups in total. The van der Waals surface area contributed by atoms with Gasteiger partial charge in [-0.3, -0.25) is 9.59 Å². The van der Waals surface area contributed by atoms with Gasteiger partial charge < -0.3 is 14.8 Å². The van der Waals surface area contributed by atoms with E-state index in [0.717, 1.165) is 11.8 Å². The Balaban J connectivity index is 1.86. The molecule has 0 aromatic heterocycles. The molecule has 5 nitrogen and oxygen atoms in total. The molecule has 0 bridgehead atoms. The average molecular weight is 331 g/mol. The van der Waals surface area contributed by atoms with Gasteiger partial charge in [-0.05, 0) is 36.4 Å². The predicted molar refractivity (Wildman–Crippen MR) is 91.4 cm³/mol. The van der Waals surface area contributed by atoms with E-state index in [1.54, 1.807) is 62.8 Å². The molecule has 0 atom stereocenters. The zero-order valence-electron chi connectivity index (χ0n) is 12.9. The number of methoxy groups -OCH3 is 2. The summed E-state index contributed by atoms with van der Waals surface area (Å²) in [5.74, 6) is 1.14. The van der Waals surface area contributed by atoms with Crippen LogP contribution < -0.4 is 14.8 Å². The second-order valence-electron chi connectivity index (χ2n) is 4.58. The van der Waals surface area contributed by atoms with Gasteiger partial charge in [0.15, 0.2) is 0 Å². The highest BCUT2D eigenvalue weighted by atomic mass is 32.2. The summed E-state index contributed by atoms with van der Waals surface area (Å²) in [6.07, 6.45) is 0. The Bertz CT molecular complexity index is 685. The molecule has 0 aliphatic heterocycles. The molecule has 23 heavy (non-hydrogen) atoms. The molecule has 0 unspecified atom stereocenters. The minimum absolute atomic E-state index is 0.0437. The van der Waals surface area contributed by atoms with Crippen molar-refractivity contribution in [2.24, 2.45) is 0 Å². The summed E-state index contributed by atoms with van der Waals surface area (Å²) in [6, 6.07) is 13.8. The van der Waals surface area contributed by atoms with Crippen LogP contribution in [0.2, 0.25) is 0 Å². The average Bonchev–Trinajstić information content (AvgIpc) is 2.60. The van der Waals surface area contributed by atoms with Gasteiger partial charge in [-0.2, -0.15) is 0 Å². The van der Waals surface area contributed by atoms with Crippen LogP contribution in [0.15, 0.2) is 48.5 Å². The molecule has 120 valence electrons. The first-order valence-electron chi connectivity index (χ1n) is 6.87. The first-order valence-corrected chi connectivity index (χ1v) is 7.86. The van der Waals surface area contributed by atoms with Crippen LogP contribution in [0.25, 0.3) is 0 Å². The number of hydrogen-bond acceptors (Lipinski definition) is 5. The minimum atomic E-state index is -0.245. The standard InChI is InChI=1S/C17H17NO4S/c1-21-14-8-6-12(7-9-14)17(20)23-11-16(19)18-13-4-3-5-15(10-13)22-2/h3-10H,11H2,1-2H3,(H,18,19). The molecule has 0 saturated heterocycles. The molecule has 2 aromatic carbocycles. The van der Waals surface area contributed by atoms with E-state index in [1.807, 2.05) is 0 Å². The fraction of sp³-hybridized carbons (Fsp3) is 0.176. The number of carbonyl (C=O) groups excluding carboxylic acids is 2. The van der Waals surface area contributed by atoms with Crippen LogP contribution in [0, 0.1) is 0 Å². The van der Waals surface area contributed by atoms with Gasteiger partial charge >= 0.3 is 0 Å². The van der Waals surface area contributed by atoms with Gasteiger partial charge in [0.2, 0.25) is 11.0 Å². The Morgan fingerprint density at radius 3 is 2.35 bits per heavy atom. The Kier molecular flexibility index (Phi) is 6.05. The van der Waals surface area contributed by atoms with Crippen molar-refractivity contribution in [1.29, 1.82) is 0 Å². The molecule has 2 aromatic rings. The van der Waals surface area contributed by atoms with Crippen molar-refractivity contribution < 1.29 is 19.1 Å². The lowest BCUT2D eigenvalue weighted by molar-refractivity contribution is -0.113. The van der Waals surface area contributed by atoms with Crippen LogP contribution in [-0.4, -0.2) is 31.0 Å². The van der Waals surface area contributed by atoms with Crippen molar-refractivity contribution >= 4 is 28.5 Å². The quantitative estimate of drug-likeness (QED) is 0.880. The molecular formula is C17H17NO4S. The maximum Gasteiger partial charge on any atom is 0.234 e. The highest BCUT2D eigenvalue weighted by Gasteiger charge is 2.10. The van der Waals surface area contributed by atoms with E-state index in [2.05, 4.69) is 5.32 Å². The Morgan fingerprint density at radius 2 is 1.70 bits per heavy atom. The second-order valence-corrected chi connectivity index (χ2v) is 5.53. The van der Waals surface area contributed by atoms with Gasteiger partial charge in [0.05, 0.1) is 20.0 Å². The van der Waals surface area contributed by atoms with Gasteiger partial charge in [0.1, 0.15) is 11.5 Å². The number of ether oxygens (including phenoxy) is 2. The lowest BCUT2D eigenvalue weighted by Crippen LogP contribution is -2.15. The van der Waals surface area contributed by atoms with E-state index in [1.165, 1.54) is 0 Å². The summed E-state index contributed by atoms with van der Waals surface area (Å²) in [7, 11) is 3.12. The zero-order chi connectivity index (χ0) is 16.7. The van der Waals surface area contributed by atoms with Gasteiger partial charge in [0.25, 0.3) is 0 Å². The molecule has 1 amide bonds. The number of benzene rings is 2. The normalized spacial score (nSPS) is 10.0. The molecule has 0 aliphatic rings. The van der Waals surface area contributed by atoms with Gasteiger partial charge in [-0.25, -0.2) is 0 Å². The van der Waals surface area contributed by atoms with Crippen molar-refractivity contribution in [3.05, 3.63) is 54.1 Å². The molecule has 0 radical (unpaired) electrons. The van der Waals surface area contributed by atoms with Crippen molar-refractivity contribution in [1.82, 2.24) is 0 Å². The van der Waals surface area contributed by atoms with Crippen molar-refractivity contribution in [2.45, 2.75) is 0 Å². The molecule has 0 heterocycles. The predicted octanol–water partition coefficient (Wildman–Crippen LogP) is 3.22. The number of amides is 1. The molecule has 0 saturated carbocycles. The summed E-state index contributed by atoms with van der Waals surface area (Å²) in [5, 5.41) is 2.57. The summed E-state index contributed by atoms with van der Waals surface area (Å²) in [4.78, 5) is 23.9. The smallest absolute Gasteiger partial charge is 0.234 e. The SMILES string of the molecule is COc1ccc(C(=O)SCC(=O)Nc2cccc(OC)c2)cc1. The summed E-state index contributed by atoms with van der Waals surface area (Å²) in [6.45, 7) is 0. The molecule has 2 rings (SSSR count). The molecule has 0 spiro atoms. The van der Waals surface area contributed by atoms with E-state index >= 15 is 0 Å². The van der Waals surface area contributed by atoms with Crippen molar-refractivity contribution in [3.8, 4) is 11.5 Å². The zero-order valence-corrected chi connectivity index (χ0v) is 13.7. The Morgan fingerprint density at radius 1 is 1.00 bits per heavy atom. The Labute approximate surface area is 139 Å². The minimum Gasteiger partial charge on any atom is -0.497 e. The molecule has 0 fully saturated rings. The topological polar surface area (TPSA) is 64.6 Å². The number of carbonyl (C=O) groups is 2. The second kappa shape index (κ2) is 8.24. The highest BCUT2D eigenvalue weighted by Crippen LogP contribution is 2.19. The summed E-state index contributed by atoms with van der Waals surface area (Å²) < 4.78 is 10.1. The monoisotopic (exact) mass is 331 g/mol. The summed E-state index contributed by atoms with van der Waals surface area (Å²) >= 11 is 0.957. The van der Waals surface area contributed by atoms with Crippen LogP contribution in [0.1, 0.15) is 10.4 Å². The van der Waals surface area contributed by atoms with Crippen LogP contribution >= 0.6 is 11.8 Å². The van der Waals surface area contributed by atoms with E-state index in [9.17, 15) is 9.59 Å². The van der Waals surface area contributed by atoms with Crippen LogP contribution in [-0.2, 0) is 4.79 Å². The van der Waals surface area contributed by atoms with Crippen LogP contribution in [0.5, 0.6) is 11.5 Å². The molecular weight excluding hydrogens is 314 g/mol. The van der Waals surface area contributed by atoms with Crippen molar-refractivity contribution in [2.75, 3.05) is 25.3 Å². The third-order valence-electron chi connectivity index (χ3n) is 3.01. The van der Waals surface area contributed by atoms with Gasteiger partial charge in [-0.1, -0.05) is 17.8 Å². The third kappa shape index (κ3) is 5.03. The fourth-order valence-corrected chi connectivity index (χ4v) is 2.48. The Hall–Kier alpha value is -2.47. The first-order chi connectivity index (χ1) is 11.1. The van der Waals surface area contributed by atoms with Crippen LogP contribution in [0.3, 0.4) is 0 Å². The van der Waals surface area contributed by atoms with Gasteiger partial charge in [0, 0.05) is 17.3 Å².